The van der Waals surface area contributed by atoms with Crippen molar-refractivity contribution in [2.24, 2.45) is 4.99 Å². The Hall–Kier alpha value is -3.13. The van der Waals surface area contributed by atoms with E-state index in [-0.39, 0.29) is 0 Å². The molecule has 0 spiro atoms. The molecule has 0 heterocycles. The first-order chi connectivity index (χ1) is 15.1. The van der Waals surface area contributed by atoms with Crippen molar-refractivity contribution < 1.29 is 23.7 Å². The zero-order valence-corrected chi connectivity index (χ0v) is 19.0. The highest BCUT2D eigenvalue weighted by Gasteiger charge is 2.12. The van der Waals surface area contributed by atoms with Crippen molar-refractivity contribution in [2.45, 2.75) is 19.9 Å². The normalized spacial score (nSPS) is 11.1. The molecular weight excluding hydrogens is 398 g/mol. The van der Waals surface area contributed by atoms with Gasteiger partial charge >= 0.3 is 0 Å². The van der Waals surface area contributed by atoms with Gasteiger partial charge < -0.3 is 34.3 Å². The lowest BCUT2D eigenvalue weighted by atomic mass is 10.1. The smallest absolute Gasteiger partial charge is 0.196 e. The standard InChI is InChI=1S/C23H33N3O5/c1-6-24-23(26-18-9-7-10-19(14-18)31-12-8-11-27-2)25-16-17-13-21(29-4)22(30-5)15-20(17)28-3/h7,9-10,13-15H,6,8,11-12,16H2,1-5H3,(H2,24,25,26). The van der Waals surface area contributed by atoms with Crippen LogP contribution < -0.4 is 29.6 Å². The van der Waals surface area contributed by atoms with Crippen molar-refractivity contribution in [2.75, 3.05) is 53.5 Å². The third-order valence-electron chi connectivity index (χ3n) is 4.40. The van der Waals surface area contributed by atoms with Crippen LogP contribution in [0.4, 0.5) is 5.69 Å². The van der Waals surface area contributed by atoms with Gasteiger partial charge in [0.2, 0.25) is 0 Å². The van der Waals surface area contributed by atoms with Crippen molar-refractivity contribution in [3.05, 3.63) is 42.0 Å². The van der Waals surface area contributed by atoms with Crippen LogP contribution in [0.25, 0.3) is 0 Å². The van der Waals surface area contributed by atoms with Gasteiger partial charge in [0.1, 0.15) is 11.5 Å². The van der Waals surface area contributed by atoms with Crippen molar-refractivity contribution >= 4 is 11.6 Å². The van der Waals surface area contributed by atoms with Crippen LogP contribution in [0.2, 0.25) is 0 Å². The summed E-state index contributed by atoms with van der Waals surface area (Å²) in [6.07, 6.45) is 0.839. The second-order valence-corrected chi connectivity index (χ2v) is 6.56. The van der Waals surface area contributed by atoms with E-state index >= 15 is 0 Å². The van der Waals surface area contributed by atoms with Gasteiger partial charge in [-0.15, -0.1) is 0 Å². The molecule has 2 rings (SSSR count). The first-order valence-corrected chi connectivity index (χ1v) is 10.2. The van der Waals surface area contributed by atoms with Gasteiger partial charge in [-0.1, -0.05) is 6.07 Å². The Kier molecular flexibility index (Phi) is 10.3. The van der Waals surface area contributed by atoms with Gasteiger partial charge in [0, 0.05) is 50.1 Å². The monoisotopic (exact) mass is 431 g/mol. The number of aliphatic imine (C=N–C) groups is 1. The highest BCUT2D eigenvalue weighted by atomic mass is 16.5. The van der Waals surface area contributed by atoms with E-state index in [1.54, 1.807) is 34.5 Å². The molecule has 8 heteroatoms. The van der Waals surface area contributed by atoms with Gasteiger partial charge in [-0.05, 0) is 25.1 Å². The molecule has 0 bridgehead atoms. The molecule has 0 aliphatic heterocycles. The minimum atomic E-state index is 0.395. The third-order valence-corrected chi connectivity index (χ3v) is 4.40. The lowest BCUT2D eigenvalue weighted by Gasteiger charge is -2.15. The third kappa shape index (κ3) is 7.57. The predicted molar refractivity (Wildman–Crippen MR) is 123 cm³/mol. The number of ether oxygens (including phenoxy) is 5. The zero-order chi connectivity index (χ0) is 22.5. The predicted octanol–water partition coefficient (Wildman–Crippen LogP) is 3.71. The van der Waals surface area contributed by atoms with E-state index in [2.05, 4.69) is 10.6 Å². The van der Waals surface area contributed by atoms with Gasteiger partial charge in [-0.2, -0.15) is 0 Å². The van der Waals surface area contributed by atoms with E-state index in [1.165, 1.54) is 0 Å². The molecule has 31 heavy (non-hydrogen) atoms. The van der Waals surface area contributed by atoms with Crippen molar-refractivity contribution in [3.8, 4) is 23.0 Å². The van der Waals surface area contributed by atoms with Gasteiger partial charge in [-0.3, -0.25) is 0 Å². The van der Waals surface area contributed by atoms with E-state index in [4.69, 9.17) is 28.7 Å². The highest BCUT2D eigenvalue weighted by molar-refractivity contribution is 5.93. The van der Waals surface area contributed by atoms with Gasteiger partial charge in [0.15, 0.2) is 17.5 Å². The SMILES string of the molecule is CCNC(=NCc1cc(OC)c(OC)cc1OC)Nc1cccc(OCCCOC)c1. The Bertz CT molecular complexity index is 842. The first-order valence-electron chi connectivity index (χ1n) is 10.2. The van der Waals surface area contributed by atoms with Gasteiger partial charge in [-0.25, -0.2) is 4.99 Å². The van der Waals surface area contributed by atoms with Crippen LogP contribution in [0.5, 0.6) is 23.0 Å². The number of rotatable bonds is 12. The number of hydrogen-bond donors (Lipinski definition) is 2. The first kappa shape index (κ1) is 24.1. The molecule has 0 atom stereocenters. The lowest BCUT2D eigenvalue weighted by Crippen LogP contribution is -2.30. The van der Waals surface area contributed by atoms with Crippen LogP contribution in [0.3, 0.4) is 0 Å². The second-order valence-electron chi connectivity index (χ2n) is 6.56. The summed E-state index contributed by atoms with van der Waals surface area (Å²) in [6.45, 7) is 4.41. The average molecular weight is 432 g/mol. The molecule has 2 N–H and O–H groups in total. The summed E-state index contributed by atoms with van der Waals surface area (Å²) >= 11 is 0. The maximum atomic E-state index is 5.77. The van der Waals surface area contributed by atoms with E-state index in [9.17, 15) is 0 Å². The zero-order valence-electron chi connectivity index (χ0n) is 19.0. The Balaban J connectivity index is 2.14. The average Bonchev–Trinajstić information content (AvgIpc) is 2.80. The summed E-state index contributed by atoms with van der Waals surface area (Å²) in [6, 6.07) is 11.4. The second kappa shape index (κ2) is 13.2. The maximum absolute atomic E-state index is 5.77. The number of hydrogen-bond acceptors (Lipinski definition) is 6. The molecule has 2 aromatic rings. The summed E-state index contributed by atoms with van der Waals surface area (Å²) in [5, 5.41) is 6.57. The molecule has 0 saturated heterocycles. The largest absolute Gasteiger partial charge is 0.496 e. The van der Waals surface area contributed by atoms with Gasteiger partial charge in [0.05, 0.1) is 34.5 Å². The van der Waals surface area contributed by atoms with Crippen LogP contribution in [0, 0.1) is 0 Å². The summed E-state index contributed by atoms with van der Waals surface area (Å²) < 4.78 is 27.1. The Morgan fingerprint density at radius 2 is 1.65 bits per heavy atom. The van der Waals surface area contributed by atoms with E-state index < -0.39 is 0 Å². The van der Waals surface area contributed by atoms with Crippen molar-refractivity contribution in [1.29, 1.82) is 0 Å². The fourth-order valence-corrected chi connectivity index (χ4v) is 2.88. The number of benzene rings is 2. The van der Waals surface area contributed by atoms with Crippen molar-refractivity contribution in [1.82, 2.24) is 5.32 Å². The number of nitrogens with zero attached hydrogens (tertiary/aromatic N) is 1. The van der Waals surface area contributed by atoms with Crippen molar-refractivity contribution in [3.63, 3.8) is 0 Å². The fourth-order valence-electron chi connectivity index (χ4n) is 2.88. The molecule has 0 fully saturated rings. The Labute approximate surface area is 184 Å². The molecule has 0 radical (unpaired) electrons. The molecule has 0 unspecified atom stereocenters. The summed E-state index contributed by atoms with van der Waals surface area (Å²) in [5.74, 6) is 3.36. The lowest BCUT2D eigenvalue weighted by molar-refractivity contribution is 0.172. The van der Waals surface area contributed by atoms with E-state index in [0.717, 1.165) is 30.0 Å². The fraction of sp³-hybridized carbons (Fsp3) is 0.435. The van der Waals surface area contributed by atoms with Gasteiger partial charge in [0.25, 0.3) is 0 Å². The van der Waals surface area contributed by atoms with E-state index in [0.29, 0.717) is 43.0 Å². The van der Waals surface area contributed by atoms with Crippen LogP contribution in [0.15, 0.2) is 41.4 Å². The molecule has 0 aromatic heterocycles. The highest BCUT2D eigenvalue weighted by Crippen LogP contribution is 2.35. The number of methoxy groups -OCH3 is 4. The molecular formula is C23H33N3O5. The molecule has 0 amide bonds. The summed E-state index contributed by atoms with van der Waals surface area (Å²) in [7, 11) is 6.50. The Morgan fingerprint density at radius 3 is 2.32 bits per heavy atom. The minimum Gasteiger partial charge on any atom is -0.496 e. The van der Waals surface area contributed by atoms with Crippen LogP contribution in [0.1, 0.15) is 18.9 Å². The molecule has 2 aromatic carbocycles. The quantitative estimate of drug-likeness (QED) is 0.301. The molecule has 170 valence electrons. The minimum absolute atomic E-state index is 0.395. The molecule has 0 saturated carbocycles. The molecule has 8 nitrogen and oxygen atoms in total. The van der Waals surface area contributed by atoms with Crippen LogP contribution in [-0.4, -0.2) is 54.2 Å². The van der Waals surface area contributed by atoms with Crippen LogP contribution in [-0.2, 0) is 11.3 Å². The Morgan fingerprint density at radius 1 is 0.903 bits per heavy atom. The number of nitrogens with one attached hydrogen (secondary N) is 2. The number of anilines is 1. The number of guanidine groups is 1. The molecule has 0 aliphatic carbocycles. The summed E-state index contributed by atoms with van der Waals surface area (Å²) in [5.41, 5.74) is 1.76. The van der Waals surface area contributed by atoms with Crippen LogP contribution >= 0.6 is 0 Å². The summed E-state index contributed by atoms with van der Waals surface area (Å²) in [4.78, 5) is 4.70. The maximum Gasteiger partial charge on any atom is 0.196 e. The topological polar surface area (TPSA) is 82.6 Å². The molecule has 0 aliphatic rings. The van der Waals surface area contributed by atoms with E-state index in [1.807, 2.05) is 37.3 Å².